The van der Waals surface area contributed by atoms with Crippen LogP contribution < -0.4 is 10.6 Å². The molecule has 0 aliphatic carbocycles. The summed E-state index contributed by atoms with van der Waals surface area (Å²) in [5, 5.41) is 7.17. The summed E-state index contributed by atoms with van der Waals surface area (Å²) in [6.45, 7) is 7.03. The highest BCUT2D eigenvalue weighted by molar-refractivity contribution is 4.96. The molecule has 3 atom stereocenters. The van der Waals surface area contributed by atoms with Crippen molar-refractivity contribution in [1.82, 2.24) is 10.6 Å². The number of fused-ring (bicyclic) bond motifs is 2. The molecule has 2 N–H and O–H groups in total. The van der Waals surface area contributed by atoms with Gasteiger partial charge in [-0.2, -0.15) is 0 Å². The maximum Gasteiger partial charge on any atom is 0.0224 e. The van der Waals surface area contributed by atoms with Gasteiger partial charge in [0.1, 0.15) is 0 Å². The van der Waals surface area contributed by atoms with Gasteiger partial charge in [0.25, 0.3) is 0 Å². The van der Waals surface area contributed by atoms with Crippen molar-refractivity contribution in [3.8, 4) is 0 Å². The number of rotatable bonds is 2. The van der Waals surface area contributed by atoms with Crippen molar-refractivity contribution in [2.45, 2.75) is 38.8 Å². The Bertz CT molecular complexity index is 154. The average molecular weight is 168 g/mol. The van der Waals surface area contributed by atoms with E-state index in [0.717, 1.165) is 23.9 Å². The Labute approximate surface area is 75.1 Å². The molecule has 2 heterocycles. The largest absolute Gasteiger partial charge is 0.314 e. The van der Waals surface area contributed by atoms with Crippen LogP contribution in [0.4, 0.5) is 0 Å². The molecule has 2 rings (SSSR count). The van der Waals surface area contributed by atoms with Crippen LogP contribution in [-0.2, 0) is 0 Å². The first-order chi connectivity index (χ1) is 5.75. The van der Waals surface area contributed by atoms with Crippen LogP contribution in [0.1, 0.15) is 26.7 Å². The van der Waals surface area contributed by atoms with E-state index in [4.69, 9.17) is 0 Å². The summed E-state index contributed by atoms with van der Waals surface area (Å²) in [6, 6.07) is 1.54. The Hall–Kier alpha value is -0.0800. The summed E-state index contributed by atoms with van der Waals surface area (Å²) in [4.78, 5) is 0. The molecule has 0 aromatic carbocycles. The number of hydrogen-bond acceptors (Lipinski definition) is 2. The molecule has 2 heteroatoms. The zero-order chi connectivity index (χ0) is 8.55. The molecular weight excluding hydrogens is 148 g/mol. The zero-order valence-electron chi connectivity index (χ0n) is 8.14. The fraction of sp³-hybridized carbons (Fsp3) is 1.00. The van der Waals surface area contributed by atoms with E-state index >= 15 is 0 Å². The lowest BCUT2D eigenvalue weighted by atomic mass is 9.90. The Morgan fingerprint density at radius 1 is 1.33 bits per heavy atom. The topological polar surface area (TPSA) is 24.1 Å². The van der Waals surface area contributed by atoms with Gasteiger partial charge in [-0.1, -0.05) is 13.8 Å². The molecule has 12 heavy (non-hydrogen) atoms. The monoisotopic (exact) mass is 168 g/mol. The molecule has 2 nitrogen and oxygen atoms in total. The van der Waals surface area contributed by atoms with Crippen LogP contribution in [0.5, 0.6) is 0 Å². The predicted octanol–water partition coefficient (Wildman–Crippen LogP) is 0.982. The van der Waals surface area contributed by atoms with E-state index in [0.29, 0.717) is 0 Å². The van der Waals surface area contributed by atoms with Crippen LogP contribution in [0.3, 0.4) is 0 Å². The van der Waals surface area contributed by atoms with E-state index < -0.39 is 0 Å². The zero-order valence-corrected chi connectivity index (χ0v) is 8.14. The number of hydrogen-bond donors (Lipinski definition) is 2. The molecule has 0 spiro atoms. The van der Waals surface area contributed by atoms with Crippen molar-refractivity contribution in [2.75, 3.05) is 13.1 Å². The Morgan fingerprint density at radius 2 is 2.17 bits per heavy atom. The average Bonchev–Trinajstić information content (AvgIpc) is 2.26. The van der Waals surface area contributed by atoms with E-state index in [1.54, 1.807) is 0 Å². The Kier molecular flexibility index (Phi) is 2.37. The fourth-order valence-electron chi connectivity index (χ4n) is 2.68. The predicted molar refractivity (Wildman–Crippen MR) is 51.1 cm³/mol. The van der Waals surface area contributed by atoms with Crippen molar-refractivity contribution in [1.29, 1.82) is 0 Å². The van der Waals surface area contributed by atoms with Crippen LogP contribution in [-0.4, -0.2) is 25.2 Å². The summed E-state index contributed by atoms with van der Waals surface area (Å²) in [7, 11) is 0. The van der Waals surface area contributed by atoms with Crippen molar-refractivity contribution < 1.29 is 0 Å². The highest BCUT2D eigenvalue weighted by atomic mass is 15.1. The number of piperazine rings is 1. The SMILES string of the molecule is CC(C)CC1CC2CNCC1N2. The highest BCUT2D eigenvalue weighted by Gasteiger charge is 2.36. The standard InChI is InChI=1S/C10H20N2/c1-7(2)3-8-4-9-5-11-6-10(8)12-9/h7-12H,3-6H2,1-2H3. The second-order valence-corrected chi connectivity index (χ2v) is 4.75. The second-order valence-electron chi connectivity index (χ2n) is 4.75. The van der Waals surface area contributed by atoms with E-state index in [1.165, 1.54) is 25.9 Å². The van der Waals surface area contributed by atoms with Gasteiger partial charge < -0.3 is 10.6 Å². The van der Waals surface area contributed by atoms with Gasteiger partial charge in [0, 0.05) is 25.2 Å². The molecule has 0 aromatic heterocycles. The molecule has 0 saturated carbocycles. The summed E-state index contributed by atoms with van der Waals surface area (Å²) >= 11 is 0. The lowest BCUT2D eigenvalue weighted by molar-refractivity contribution is 0.350. The molecule has 2 saturated heterocycles. The summed E-state index contributed by atoms with van der Waals surface area (Å²) < 4.78 is 0. The van der Waals surface area contributed by atoms with E-state index in [-0.39, 0.29) is 0 Å². The maximum absolute atomic E-state index is 3.68. The van der Waals surface area contributed by atoms with Gasteiger partial charge >= 0.3 is 0 Å². The van der Waals surface area contributed by atoms with Crippen LogP contribution in [0.2, 0.25) is 0 Å². The molecule has 2 fully saturated rings. The smallest absolute Gasteiger partial charge is 0.0224 e. The third-order valence-corrected chi connectivity index (χ3v) is 3.14. The summed E-state index contributed by atoms with van der Waals surface area (Å²) in [5.41, 5.74) is 0. The third kappa shape index (κ3) is 1.64. The van der Waals surface area contributed by atoms with Gasteiger partial charge in [0.05, 0.1) is 0 Å². The summed E-state index contributed by atoms with van der Waals surface area (Å²) in [6.07, 6.45) is 2.80. The number of nitrogens with one attached hydrogen (secondary N) is 2. The van der Waals surface area contributed by atoms with Crippen molar-refractivity contribution in [2.24, 2.45) is 11.8 Å². The first-order valence-electron chi connectivity index (χ1n) is 5.22. The molecule has 2 aliphatic rings. The maximum atomic E-state index is 3.68. The molecule has 0 radical (unpaired) electrons. The minimum Gasteiger partial charge on any atom is -0.314 e. The normalized spacial score (nSPS) is 40.8. The van der Waals surface area contributed by atoms with E-state index in [9.17, 15) is 0 Å². The first kappa shape index (κ1) is 8.52. The van der Waals surface area contributed by atoms with E-state index in [1.807, 2.05) is 0 Å². The molecule has 2 aliphatic heterocycles. The van der Waals surface area contributed by atoms with Crippen molar-refractivity contribution in [3.05, 3.63) is 0 Å². The Morgan fingerprint density at radius 3 is 2.83 bits per heavy atom. The van der Waals surface area contributed by atoms with Gasteiger partial charge in [0.2, 0.25) is 0 Å². The van der Waals surface area contributed by atoms with Gasteiger partial charge in [-0.3, -0.25) is 0 Å². The minimum atomic E-state index is 0.770. The second kappa shape index (κ2) is 3.35. The Balaban J connectivity index is 1.91. The lowest BCUT2D eigenvalue weighted by Crippen LogP contribution is -2.49. The van der Waals surface area contributed by atoms with Gasteiger partial charge in [-0.15, -0.1) is 0 Å². The fourth-order valence-corrected chi connectivity index (χ4v) is 2.68. The highest BCUT2D eigenvalue weighted by Crippen LogP contribution is 2.28. The molecule has 2 bridgehead atoms. The minimum absolute atomic E-state index is 0.770. The first-order valence-corrected chi connectivity index (χ1v) is 5.22. The van der Waals surface area contributed by atoms with Crippen LogP contribution >= 0.6 is 0 Å². The molecule has 70 valence electrons. The summed E-state index contributed by atoms with van der Waals surface area (Å²) in [5.74, 6) is 1.79. The van der Waals surface area contributed by atoms with Gasteiger partial charge in [0.15, 0.2) is 0 Å². The van der Waals surface area contributed by atoms with Crippen molar-refractivity contribution in [3.63, 3.8) is 0 Å². The molecular formula is C10H20N2. The quantitative estimate of drug-likeness (QED) is 0.642. The van der Waals surface area contributed by atoms with E-state index in [2.05, 4.69) is 24.5 Å². The molecule has 0 aromatic rings. The van der Waals surface area contributed by atoms with Crippen LogP contribution in [0.25, 0.3) is 0 Å². The van der Waals surface area contributed by atoms with Crippen molar-refractivity contribution >= 4 is 0 Å². The van der Waals surface area contributed by atoms with Gasteiger partial charge in [-0.25, -0.2) is 0 Å². The third-order valence-electron chi connectivity index (χ3n) is 3.14. The van der Waals surface area contributed by atoms with Crippen LogP contribution in [0.15, 0.2) is 0 Å². The molecule has 3 unspecified atom stereocenters. The van der Waals surface area contributed by atoms with Gasteiger partial charge in [-0.05, 0) is 24.7 Å². The lowest BCUT2D eigenvalue weighted by Gasteiger charge is -2.24. The van der Waals surface area contributed by atoms with Crippen LogP contribution in [0, 0.1) is 11.8 Å². The molecule has 0 amide bonds.